The smallest absolute Gasteiger partial charge is 0.249 e. The van der Waals surface area contributed by atoms with E-state index in [2.05, 4.69) is 5.32 Å². The third-order valence-electron chi connectivity index (χ3n) is 2.63. The highest BCUT2D eigenvalue weighted by molar-refractivity contribution is 7.91. The van der Waals surface area contributed by atoms with E-state index in [1.807, 2.05) is 6.07 Å². The summed E-state index contributed by atoms with van der Waals surface area (Å²) in [5.74, 6) is -0.233. The number of hydrogen-bond acceptors (Lipinski definition) is 4. The number of primary amides is 1. The predicted octanol–water partition coefficient (Wildman–Crippen LogP) is 0.310. The molecular weight excluding hydrogens is 252 g/mol. The lowest BCUT2D eigenvalue weighted by Gasteiger charge is -2.08. The first kappa shape index (κ1) is 14.7. The van der Waals surface area contributed by atoms with Crippen molar-refractivity contribution in [1.29, 1.82) is 0 Å². The van der Waals surface area contributed by atoms with E-state index in [4.69, 9.17) is 5.73 Å². The molecule has 1 rings (SSSR count). The Bertz CT molecular complexity index is 512. The summed E-state index contributed by atoms with van der Waals surface area (Å²) in [4.78, 5) is 11.2. The van der Waals surface area contributed by atoms with Gasteiger partial charge in [-0.2, -0.15) is 0 Å². The molecule has 1 amide bonds. The Labute approximate surface area is 107 Å². The maximum atomic E-state index is 11.3. The second-order valence-electron chi connectivity index (χ2n) is 3.93. The van der Waals surface area contributed by atoms with Crippen molar-refractivity contribution in [3.05, 3.63) is 35.4 Å². The van der Waals surface area contributed by atoms with Gasteiger partial charge in [-0.15, -0.1) is 0 Å². The number of amides is 1. The van der Waals surface area contributed by atoms with Gasteiger partial charge < -0.3 is 11.1 Å². The number of rotatable bonds is 7. The van der Waals surface area contributed by atoms with Crippen molar-refractivity contribution in [1.82, 2.24) is 5.32 Å². The minimum Gasteiger partial charge on any atom is -0.366 e. The van der Waals surface area contributed by atoms with Crippen LogP contribution >= 0.6 is 0 Å². The van der Waals surface area contributed by atoms with Crippen LogP contribution in [0.25, 0.3) is 0 Å². The number of hydrogen-bond donors (Lipinski definition) is 2. The van der Waals surface area contributed by atoms with Crippen molar-refractivity contribution in [2.75, 3.05) is 18.1 Å². The van der Waals surface area contributed by atoms with Crippen LogP contribution < -0.4 is 11.1 Å². The molecule has 1 aromatic carbocycles. The first-order chi connectivity index (χ1) is 8.46. The zero-order valence-electron chi connectivity index (χ0n) is 10.3. The lowest BCUT2D eigenvalue weighted by atomic mass is 10.1. The van der Waals surface area contributed by atoms with E-state index in [1.54, 1.807) is 25.1 Å². The van der Waals surface area contributed by atoms with Crippen molar-refractivity contribution in [3.63, 3.8) is 0 Å². The van der Waals surface area contributed by atoms with Gasteiger partial charge >= 0.3 is 0 Å². The predicted molar refractivity (Wildman–Crippen MR) is 71.0 cm³/mol. The fourth-order valence-electron chi connectivity index (χ4n) is 1.51. The third kappa shape index (κ3) is 4.46. The monoisotopic (exact) mass is 270 g/mol. The van der Waals surface area contributed by atoms with E-state index < -0.39 is 15.7 Å². The summed E-state index contributed by atoms with van der Waals surface area (Å²) in [6, 6.07) is 7.00. The van der Waals surface area contributed by atoms with E-state index in [0.29, 0.717) is 18.7 Å². The number of nitrogens with one attached hydrogen (secondary N) is 1. The lowest BCUT2D eigenvalue weighted by Crippen LogP contribution is -2.25. The van der Waals surface area contributed by atoms with E-state index in [0.717, 1.165) is 5.56 Å². The fourth-order valence-corrected chi connectivity index (χ4v) is 2.25. The molecule has 0 unspecified atom stereocenters. The van der Waals surface area contributed by atoms with E-state index in [1.165, 1.54) is 0 Å². The van der Waals surface area contributed by atoms with Crippen molar-refractivity contribution in [2.24, 2.45) is 5.73 Å². The van der Waals surface area contributed by atoms with Crippen molar-refractivity contribution in [3.8, 4) is 0 Å². The van der Waals surface area contributed by atoms with E-state index in [-0.39, 0.29) is 11.5 Å². The number of benzene rings is 1. The van der Waals surface area contributed by atoms with Crippen LogP contribution in [0.4, 0.5) is 0 Å². The SMILES string of the molecule is CCS(=O)(=O)CCNCc1ccccc1C(N)=O. The van der Waals surface area contributed by atoms with Gasteiger partial charge in [0.15, 0.2) is 9.84 Å². The van der Waals surface area contributed by atoms with Crippen LogP contribution in [-0.4, -0.2) is 32.4 Å². The van der Waals surface area contributed by atoms with Gasteiger partial charge in [-0.25, -0.2) is 8.42 Å². The molecule has 0 spiro atoms. The summed E-state index contributed by atoms with van der Waals surface area (Å²) in [6.45, 7) is 2.42. The maximum Gasteiger partial charge on any atom is 0.249 e. The van der Waals surface area contributed by atoms with Gasteiger partial charge in [0.05, 0.1) is 5.75 Å². The Kier molecular flexibility index (Phi) is 5.30. The largest absolute Gasteiger partial charge is 0.366 e. The first-order valence-electron chi connectivity index (χ1n) is 5.75. The van der Waals surface area contributed by atoms with Gasteiger partial charge in [0, 0.05) is 24.4 Å². The Morgan fingerprint density at radius 2 is 2.00 bits per heavy atom. The first-order valence-corrected chi connectivity index (χ1v) is 7.57. The topological polar surface area (TPSA) is 89.3 Å². The van der Waals surface area contributed by atoms with Crippen molar-refractivity contribution < 1.29 is 13.2 Å². The van der Waals surface area contributed by atoms with Gasteiger partial charge in [0.1, 0.15) is 0 Å². The number of carbonyl (C=O) groups excluding carboxylic acids is 1. The highest BCUT2D eigenvalue weighted by atomic mass is 32.2. The average molecular weight is 270 g/mol. The molecule has 0 aliphatic heterocycles. The minimum atomic E-state index is -2.95. The van der Waals surface area contributed by atoms with Gasteiger partial charge in [-0.3, -0.25) is 4.79 Å². The zero-order chi connectivity index (χ0) is 13.6. The summed E-state index contributed by atoms with van der Waals surface area (Å²) in [5, 5.41) is 3.00. The van der Waals surface area contributed by atoms with Crippen molar-refractivity contribution >= 4 is 15.7 Å². The zero-order valence-corrected chi connectivity index (χ0v) is 11.2. The minimum absolute atomic E-state index is 0.0994. The van der Waals surface area contributed by atoms with Crippen LogP contribution in [0.5, 0.6) is 0 Å². The molecule has 18 heavy (non-hydrogen) atoms. The number of sulfone groups is 1. The summed E-state index contributed by atoms with van der Waals surface area (Å²) < 4.78 is 22.5. The molecule has 0 saturated carbocycles. The van der Waals surface area contributed by atoms with Crippen molar-refractivity contribution in [2.45, 2.75) is 13.5 Å². The van der Waals surface area contributed by atoms with Crippen LogP contribution in [0, 0.1) is 0 Å². The van der Waals surface area contributed by atoms with Crippen LogP contribution in [-0.2, 0) is 16.4 Å². The Morgan fingerprint density at radius 1 is 1.33 bits per heavy atom. The maximum absolute atomic E-state index is 11.3. The second kappa shape index (κ2) is 6.51. The Morgan fingerprint density at radius 3 is 2.61 bits per heavy atom. The van der Waals surface area contributed by atoms with Crippen LogP contribution in [0.3, 0.4) is 0 Å². The summed E-state index contributed by atoms with van der Waals surface area (Å²) in [5.41, 5.74) is 6.49. The summed E-state index contributed by atoms with van der Waals surface area (Å²) in [7, 11) is -2.95. The van der Waals surface area contributed by atoms with Gasteiger partial charge in [0.2, 0.25) is 5.91 Å². The molecule has 0 aliphatic carbocycles. The van der Waals surface area contributed by atoms with Crippen LogP contribution in [0.2, 0.25) is 0 Å². The highest BCUT2D eigenvalue weighted by Crippen LogP contribution is 2.07. The molecule has 0 aromatic heterocycles. The molecule has 0 saturated heterocycles. The molecule has 3 N–H and O–H groups in total. The molecule has 0 radical (unpaired) electrons. The van der Waals surface area contributed by atoms with Crippen LogP contribution in [0.1, 0.15) is 22.8 Å². The Hall–Kier alpha value is -1.40. The number of carbonyl (C=O) groups is 1. The second-order valence-corrected chi connectivity index (χ2v) is 6.41. The average Bonchev–Trinajstić information content (AvgIpc) is 2.35. The molecule has 0 heterocycles. The van der Waals surface area contributed by atoms with Gasteiger partial charge in [-0.05, 0) is 11.6 Å². The molecule has 0 fully saturated rings. The van der Waals surface area contributed by atoms with E-state index >= 15 is 0 Å². The molecule has 0 aliphatic rings. The van der Waals surface area contributed by atoms with E-state index in [9.17, 15) is 13.2 Å². The molecule has 0 bridgehead atoms. The lowest BCUT2D eigenvalue weighted by molar-refractivity contribution is 0.0999. The third-order valence-corrected chi connectivity index (χ3v) is 4.33. The molecular formula is C12H18N2O3S. The molecule has 0 atom stereocenters. The molecule has 100 valence electrons. The standard InChI is InChI=1S/C12H18N2O3S/c1-2-18(16,17)8-7-14-9-10-5-3-4-6-11(10)12(13)15/h3-6,14H,2,7-9H2,1H3,(H2,13,15). The number of nitrogens with two attached hydrogens (primary N) is 1. The van der Waals surface area contributed by atoms with Crippen LogP contribution in [0.15, 0.2) is 24.3 Å². The molecule has 5 nitrogen and oxygen atoms in total. The fraction of sp³-hybridized carbons (Fsp3) is 0.417. The molecule has 6 heteroatoms. The van der Waals surface area contributed by atoms with Gasteiger partial charge in [-0.1, -0.05) is 25.1 Å². The highest BCUT2D eigenvalue weighted by Gasteiger charge is 2.08. The normalized spacial score (nSPS) is 11.4. The summed E-state index contributed by atoms with van der Waals surface area (Å²) in [6.07, 6.45) is 0. The molecule has 1 aromatic rings. The summed E-state index contributed by atoms with van der Waals surface area (Å²) >= 11 is 0. The Balaban J connectivity index is 2.52. The quantitative estimate of drug-likeness (QED) is 0.698. The van der Waals surface area contributed by atoms with Gasteiger partial charge in [0.25, 0.3) is 0 Å².